The molecule has 0 aliphatic rings. The zero-order valence-corrected chi connectivity index (χ0v) is 13.3. The third kappa shape index (κ3) is 13.4. The second-order valence-electron chi connectivity index (χ2n) is 2.67. The number of rotatable bonds is 0. The average Bonchev–Trinajstić information content (AvgIpc) is 2.34. The van der Waals surface area contributed by atoms with Crippen molar-refractivity contribution < 1.29 is 27.6 Å². The van der Waals surface area contributed by atoms with E-state index in [9.17, 15) is 0 Å². The minimum absolute atomic E-state index is 0. The molecule has 0 fully saturated rings. The molecule has 1 unspecified atom stereocenters. The molecule has 18 heavy (non-hydrogen) atoms. The van der Waals surface area contributed by atoms with E-state index in [1.807, 2.05) is 18.8 Å². The number of benzene rings is 2. The van der Waals surface area contributed by atoms with Gasteiger partial charge in [0.1, 0.15) is 11.5 Å². The van der Waals surface area contributed by atoms with Gasteiger partial charge < -0.3 is 10.2 Å². The van der Waals surface area contributed by atoms with Crippen LogP contribution in [-0.2, 0) is 17.4 Å². The van der Waals surface area contributed by atoms with Crippen molar-refractivity contribution in [2.75, 3.05) is 6.66 Å². The summed E-state index contributed by atoms with van der Waals surface area (Å²) in [6, 6.07) is 17.4. The third-order valence-corrected chi connectivity index (χ3v) is 1.51. The molecule has 0 aliphatic carbocycles. The monoisotopic (exact) mass is 324 g/mol. The van der Waals surface area contributed by atoms with E-state index in [-0.39, 0.29) is 29.8 Å². The van der Waals surface area contributed by atoms with Gasteiger partial charge in [-0.05, 0) is 24.3 Å². The molecular weight excluding hydrogens is 307 g/mol. The van der Waals surface area contributed by atoms with Crippen molar-refractivity contribution >= 4 is 21.6 Å². The van der Waals surface area contributed by atoms with E-state index in [2.05, 4.69) is 9.24 Å². The summed E-state index contributed by atoms with van der Waals surface area (Å²) in [6.45, 7) is 1.92. The molecule has 2 N–H and O–H groups in total. The van der Waals surface area contributed by atoms with E-state index in [0.717, 1.165) is 0 Å². The molecular formula is C13H18ClCrO2P. The molecule has 0 saturated heterocycles. The van der Waals surface area contributed by atoms with E-state index in [0.29, 0.717) is 11.5 Å². The van der Waals surface area contributed by atoms with Gasteiger partial charge in [-0.25, -0.2) is 0 Å². The van der Waals surface area contributed by atoms with E-state index in [4.69, 9.17) is 10.2 Å². The summed E-state index contributed by atoms with van der Waals surface area (Å²) in [4.78, 5) is 0. The van der Waals surface area contributed by atoms with Crippen molar-refractivity contribution in [1.82, 2.24) is 0 Å². The first-order valence-electron chi connectivity index (χ1n) is 4.85. The van der Waals surface area contributed by atoms with Crippen LogP contribution in [0.5, 0.6) is 11.5 Å². The van der Waals surface area contributed by atoms with Gasteiger partial charge in [-0.1, -0.05) is 43.1 Å². The first-order chi connectivity index (χ1) is 7.79. The quantitative estimate of drug-likeness (QED) is 0.726. The standard InChI is InChI=1S/2C6H6O.CH5P.ClH.Cr/c2*7-6-4-2-1-3-5-6;1-2;;/h2*1-5,7H;2H2,1H3;1H;. The third-order valence-electron chi connectivity index (χ3n) is 1.51. The van der Waals surface area contributed by atoms with Gasteiger partial charge in [0.15, 0.2) is 0 Å². The summed E-state index contributed by atoms with van der Waals surface area (Å²) in [5.74, 6) is 0.644. The fourth-order valence-electron chi connectivity index (χ4n) is 0.856. The largest absolute Gasteiger partial charge is 0.508 e. The van der Waals surface area contributed by atoms with Gasteiger partial charge in [-0.15, -0.1) is 21.6 Å². The summed E-state index contributed by atoms with van der Waals surface area (Å²) in [5, 5.41) is 17.3. The maximum absolute atomic E-state index is 8.63. The van der Waals surface area contributed by atoms with Gasteiger partial charge in [-0.2, -0.15) is 0 Å². The molecule has 1 atom stereocenters. The molecule has 0 amide bonds. The fourth-order valence-corrected chi connectivity index (χ4v) is 0.856. The Morgan fingerprint density at radius 1 is 0.667 bits per heavy atom. The Labute approximate surface area is 128 Å². The molecule has 2 rings (SSSR count). The topological polar surface area (TPSA) is 40.5 Å². The van der Waals surface area contributed by atoms with Crippen molar-refractivity contribution in [1.29, 1.82) is 0 Å². The molecule has 0 radical (unpaired) electrons. The normalized spacial score (nSPS) is 7.00. The Hall–Kier alpha value is -0.708. The van der Waals surface area contributed by atoms with Gasteiger partial charge in [0, 0.05) is 17.4 Å². The van der Waals surface area contributed by atoms with Crippen LogP contribution < -0.4 is 0 Å². The van der Waals surface area contributed by atoms with E-state index >= 15 is 0 Å². The number of halogens is 1. The zero-order valence-electron chi connectivity index (χ0n) is 10.1. The zero-order chi connectivity index (χ0) is 12.2. The van der Waals surface area contributed by atoms with Gasteiger partial charge in [0.05, 0.1) is 0 Å². The van der Waals surface area contributed by atoms with Gasteiger partial charge in [0.2, 0.25) is 0 Å². The first-order valence-corrected chi connectivity index (χ1v) is 6.00. The van der Waals surface area contributed by atoms with Crippen LogP contribution in [0, 0.1) is 0 Å². The minimum Gasteiger partial charge on any atom is -0.508 e. The summed E-state index contributed by atoms with van der Waals surface area (Å²) in [5.41, 5.74) is 0. The summed E-state index contributed by atoms with van der Waals surface area (Å²) in [7, 11) is 2.42. The number of para-hydroxylation sites is 2. The molecule has 2 nitrogen and oxygen atoms in total. The molecule has 5 heteroatoms. The molecule has 0 saturated carbocycles. The van der Waals surface area contributed by atoms with E-state index in [1.165, 1.54) is 0 Å². The van der Waals surface area contributed by atoms with Gasteiger partial charge >= 0.3 is 0 Å². The maximum atomic E-state index is 8.63. The van der Waals surface area contributed by atoms with Gasteiger partial charge in [-0.3, -0.25) is 0 Å². The SMILES string of the molecule is CP.Cl.Oc1ccccc1.Oc1ccccc1.[Cr]. The molecule has 0 aliphatic heterocycles. The van der Waals surface area contributed by atoms with Crippen molar-refractivity contribution in [3.63, 3.8) is 0 Å². The predicted octanol–water partition coefficient (Wildman–Crippen LogP) is 3.70. The Kier molecular flexibility index (Phi) is 20.3. The molecule has 0 aromatic heterocycles. The second-order valence-corrected chi connectivity index (χ2v) is 2.67. The minimum atomic E-state index is 0. The number of hydrogen-bond donors (Lipinski definition) is 2. The second kappa shape index (κ2) is 16.3. The molecule has 2 aromatic rings. The summed E-state index contributed by atoms with van der Waals surface area (Å²) in [6.07, 6.45) is 0. The number of hydrogen-bond acceptors (Lipinski definition) is 2. The van der Waals surface area contributed by atoms with Crippen LogP contribution in [-0.4, -0.2) is 16.9 Å². The van der Waals surface area contributed by atoms with Crippen LogP contribution in [0.4, 0.5) is 0 Å². The number of phenolic OH excluding ortho intramolecular Hbond substituents is 2. The van der Waals surface area contributed by atoms with Crippen LogP contribution >= 0.6 is 21.6 Å². The number of aromatic hydroxyl groups is 2. The Balaban J connectivity index is -0.000000200. The van der Waals surface area contributed by atoms with Crippen molar-refractivity contribution in [2.45, 2.75) is 0 Å². The van der Waals surface area contributed by atoms with Crippen molar-refractivity contribution in [3.8, 4) is 11.5 Å². The maximum Gasteiger partial charge on any atom is 0.115 e. The van der Waals surface area contributed by atoms with Gasteiger partial charge in [0.25, 0.3) is 0 Å². The molecule has 0 bridgehead atoms. The predicted molar refractivity (Wildman–Crippen MR) is 79.1 cm³/mol. The Bertz CT molecular complexity index is 322. The van der Waals surface area contributed by atoms with Crippen LogP contribution in [0.2, 0.25) is 0 Å². The van der Waals surface area contributed by atoms with E-state index in [1.54, 1.807) is 48.5 Å². The van der Waals surface area contributed by atoms with Crippen molar-refractivity contribution in [2.24, 2.45) is 0 Å². The van der Waals surface area contributed by atoms with Crippen LogP contribution in [0.3, 0.4) is 0 Å². The molecule has 0 spiro atoms. The van der Waals surface area contributed by atoms with Crippen LogP contribution in [0.15, 0.2) is 60.7 Å². The van der Waals surface area contributed by atoms with Crippen molar-refractivity contribution in [3.05, 3.63) is 60.7 Å². The fraction of sp³-hybridized carbons (Fsp3) is 0.0769. The first kappa shape index (κ1) is 22.5. The van der Waals surface area contributed by atoms with E-state index < -0.39 is 0 Å². The molecule has 2 aromatic carbocycles. The number of phenols is 2. The summed E-state index contributed by atoms with van der Waals surface area (Å²) >= 11 is 0. The molecule has 0 heterocycles. The molecule has 100 valence electrons. The van der Waals surface area contributed by atoms with Crippen LogP contribution in [0.1, 0.15) is 0 Å². The average molecular weight is 325 g/mol. The smallest absolute Gasteiger partial charge is 0.115 e. The Morgan fingerprint density at radius 2 is 0.889 bits per heavy atom. The van der Waals surface area contributed by atoms with Crippen LogP contribution in [0.25, 0.3) is 0 Å². The Morgan fingerprint density at radius 3 is 1.00 bits per heavy atom. The summed E-state index contributed by atoms with van der Waals surface area (Å²) < 4.78 is 0.